The quantitative estimate of drug-likeness (QED) is 0.428. The number of benzene rings is 2. The molecule has 0 N–H and O–H groups in total. The van der Waals surface area contributed by atoms with Crippen LogP contribution in [0.25, 0.3) is 22.4 Å². The van der Waals surface area contributed by atoms with Gasteiger partial charge in [-0.05, 0) is 59.5 Å². The van der Waals surface area contributed by atoms with Crippen LogP contribution in [0.4, 0.5) is 0 Å². The van der Waals surface area contributed by atoms with Crippen molar-refractivity contribution in [3.8, 4) is 22.4 Å². The van der Waals surface area contributed by atoms with Crippen LogP contribution in [-0.4, -0.2) is 0 Å². The Morgan fingerprint density at radius 1 is 1.00 bits per heavy atom. The molecule has 0 radical (unpaired) electrons. The van der Waals surface area contributed by atoms with Gasteiger partial charge in [0.05, 0.1) is 5.56 Å². The Kier molecular flexibility index (Phi) is 3.48. The van der Waals surface area contributed by atoms with Crippen LogP contribution in [0.1, 0.15) is 48.9 Å². The smallest absolute Gasteiger partial charge is 0.201 e. The van der Waals surface area contributed by atoms with E-state index >= 15 is 0 Å². The summed E-state index contributed by atoms with van der Waals surface area (Å²) in [6, 6.07) is 15.6. The van der Waals surface area contributed by atoms with Gasteiger partial charge < -0.3 is 0 Å². The van der Waals surface area contributed by atoms with Crippen molar-refractivity contribution >= 4 is 0 Å². The van der Waals surface area contributed by atoms with E-state index in [9.17, 15) is 0 Å². The predicted octanol–water partition coefficient (Wildman–Crippen LogP) is 5.49. The van der Waals surface area contributed by atoms with Gasteiger partial charge in [0.15, 0.2) is 6.20 Å². The first-order valence-corrected chi connectivity index (χ1v) is 8.98. The molecule has 0 unspecified atom stereocenters. The van der Waals surface area contributed by atoms with Crippen molar-refractivity contribution in [3.63, 3.8) is 0 Å². The van der Waals surface area contributed by atoms with Crippen molar-refractivity contribution in [2.24, 2.45) is 7.05 Å². The molecule has 0 amide bonds. The Bertz CT molecular complexity index is 1030. The maximum absolute atomic E-state index is 8.43. The minimum absolute atomic E-state index is 0.602. The number of aryl methyl sites for hydroxylation is 3. The van der Waals surface area contributed by atoms with Gasteiger partial charge in [-0.15, -0.1) is 0 Å². The van der Waals surface area contributed by atoms with E-state index in [2.05, 4.69) is 74.1 Å². The molecule has 0 saturated heterocycles. The highest BCUT2D eigenvalue weighted by Crippen LogP contribution is 2.42. The standard InChI is InChI=1S/C24H26N/c1-15(2)18-10-11-25(5)23(14-18)24-17(4)7-9-21-20-8-6-16(3)12-19(20)13-22(21)24/h6-12,14-15H,13H2,1-5H3/q+1/i15D. The molecule has 0 saturated carbocycles. The minimum atomic E-state index is -0.602. The van der Waals surface area contributed by atoms with Crippen LogP contribution >= 0.6 is 0 Å². The molecular weight excluding hydrogens is 302 g/mol. The summed E-state index contributed by atoms with van der Waals surface area (Å²) in [5.41, 5.74) is 11.7. The number of rotatable bonds is 2. The first kappa shape index (κ1) is 14.9. The SMILES string of the molecule is [2H]C(C)(C)c1cc[n+](C)c(-c2c(C)ccc3c2Cc2cc(C)ccc2-3)c1. The number of nitrogens with zero attached hydrogens (tertiary/aromatic N) is 1. The lowest BCUT2D eigenvalue weighted by atomic mass is 9.92. The van der Waals surface area contributed by atoms with E-state index in [0.29, 0.717) is 0 Å². The third kappa shape index (κ3) is 2.59. The minimum Gasteiger partial charge on any atom is -0.201 e. The molecule has 3 aromatic rings. The molecule has 1 aromatic heterocycles. The average Bonchev–Trinajstić information content (AvgIpc) is 2.92. The fraction of sp³-hybridized carbons (Fsp3) is 0.292. The average molecular weight is 329 g/mol. The predicted molar refractivity (Wildman–Crippen MR) is 105 cm³/mol. The molecule has 126 valence electrons. The summed E-state index contributed by atoms with van der Waals surface area (Å²) in [6.45, 7) is 8.26. The molecule has 1 heterocycles. The molecule has 0 bridgehead atoms. The van der Waals surface area contributed by atoms with Crippen molar-refractivity contribution < 1.29 is 5.94 Å². The van der Waals surface area contributed by atoms with E-state index in [1.807, 2.05) is 13.8 Å². The van der Waals surface area contributed by atoms with Gasteiger partial charge in [-0.25, -0.2) is 4.57 Å². The lowest BCUT2D eigenvalue weighted by Crippen LogP contribution is -2.31. The van der Waals surface area contributed by atoms with Gasteiger partial charge in [0.2, 0.25) is 5.69 Å². The van der Waals surface area contributed by atoms with E-state index in [1.54, 1.807) is 0 Å². The lowest BCUT2D eigenvalue weighted by Gasteiger charge is -2.13. The van der Waals surface area contributed by atoms with Crippen molar-refractivity contribution in [1.29, 1.82) is 0 Å². The second kappa shape index (κ2) is 5.84. The van der Waals surface area contributed by atoms with Gasteiger partial charge in [-0.1, -0.05) is 49.7 Å². The zero-order chi connectivity index (χ0) is 18.6. The van der Waals surface area contributed by atoms with E-state index in [1.165, 1.54) is 44.6 Å². The monoisotopic (exact) mass is 329 g/mol. The highest BCUT2D eigenvalue weighted by atomic mass is 14.9. The topological polar surface area (TPSA) is 3.88 Å². The Morgan fingerprint density at radius 2 is 1.76 bits per heavy atom. The summed E-state index contributed by atoms with van der Waals surface area (Å²) < 4.78 is 10.6. The van der Waals surface area contributed by atoms with E-state index in [0.717, 1.165) is 12.0 Å². The molecule has 1 aliphatic carbocycles. The van der Waals surface area contributed by atoms with Crippen molar-refractivity contribution in [3.05, 3.63) is 76.5 Å². The number of aromatic nitrogens is 1. The van der Waals surface area contributed by atoms with E-state index in [4.69, 9.17) is 1.37 Å². The van der Waals surface area contributed by atoms with Crippen LogP contribution in [-0.2, 0) is 13.5 Å². The fourth-order valence-electron chi connectivity index (χ4n) is 4.01. The number of pyridine rings is 1. The molecule has 4 rings (SSSR count). The van der Waals surface area contributed by atoms with Crippen LogP contribution in [0.2, 0.25) is 0 Å². The highest BCUT2D eigenvalue weighted by molar-refractivity contribution is 5.85. The second-order valence-corrected chi connectivity index (χ2v) is 7.53. The molecular formula is C24H26N+. The number of hydrogen-bond acceptors (Lipinski definition) is 0. The van der Waals surface area contributed by atoms with Gasteiger partial charge >= 0.3 is 0 Å². The van der Waals surface area contributed by atoms with Gasteiger partial charge in [-0.2, -0.15) is 0 Å². The zero-order valence-electron chi connectivity index (χ0n) is 16.8. The molecule has 1 aliphatic rings. The maximum atomic E-state index is 8.43. The molecule has 0 spiro atoms. The van der Waals surface area contributed by atoms with Crippen LogP contribution in [0, 0.1) is 13.8 Å². The Hall–Kier alpha value is -2.41. The van der Waals surface area contributed by atoms with Gasteiger partial charge in [0, 0.05) is 13.5 Å². The molecule has 0 fully saturated rings. The van der Waals surface area contributed by atoms with Crippen molar-refractivity contribution in [2.75, 3.05) is 0 Å². The maximum Gasteiger partial charge on any atom is 0.213 e. The summed E-state index contributed by atoms with van der Waals surface area (Å²) in [5.74, 6) is -0.602. The Morgan fingerprint density at radius 3 is 2.52 bits per heavy atom. The van der Waals surface area contributed by atoms with Crippen molar-refractivity contribution in [2.45, 2.75) is 40.0 Å². The number of fused-ring (bicyclic) bond motifs is 3. The molecule has 25 heavy (non-hydrogen) atoms. The Labute approximate surface area is 152 Å². The first-order valence-electron chi connectivity index (χ1n) is 9.48. The van der Waals surface area contributed by atoms with Crippen LogP contribution in [0.3, 0.4) is 0 Å². The largest absolute Gasteiger partial charge is 0.213 e. The Balaban J connectivity index is 1.96. The molecule has 1 heteroatoms. The highest BCUT2D eigenvalue weighted by Gasteiger charge is 2.26. The first-order chi connectivity index (χ1) is 12.3. The van der Waals surface area contributed by atoms with Crippen LogP contribution in [0.15, 0.2) is 48.7 Å². The second-order valence-electron chi connectivity index (χ2n) is 7.53. The third-order valence-corrected chi connectivity index (χ3v) is 5.42. The van der Waals surface area contributed by atoms with Crippen LogP contribution in [0.5, 0.6) is 0 Å². The zero-order valence-corrected chi connectivity index (χ0v) is 15.8. The number of hydrogen-bond donors (Lipinski definition) is 0. The summed E-state index contributed by atoms with van der Waals surface area (Å²) in [5, 5.41) is 0. The summed E-state index contributed by atoms with van der Waals surface area (Å²) >= 11 is 0. The third-order valence-electron chi connectivity index (χ3n) is 5.42. The molecule has 2 aromatic carbocycles. The van der Waals surface area contributed by atoms with Crippen molar-refractivity contribution in [1.82, 2.24) is 0 Å². The summed E-state index contributed by atoms with van der Waals surface area (Å²) in [7, 11) is 2.10. The lowest BCUT2D eigenvalue weighted by molar-refractivity contribution is -0.660. The molecule has 0 aliphatic heterocycles. The van der Waals surface area contributed by atoms with Gasteiger partial charge in [-0.3, -0.25) is 0 Å². The summed E-state index contributed by atoms with van der Waals surface area (Å²) in [6.07, 6.45) is 3.07. The van der Waals surface area contributed by atoms with Crippen LogP contribution < -0.4 is 4.57 Å². The van der Waals surface area contributed by atoms with Gasteiger partial charge in [0.25, 0.3) is 0 Å². The fourth-order valence-corrected chi connectivity index (χ4v) is 4.01. The van der Waals surface area contributed by atoms with Gasteiger partial charge in [0.1, 0.15) is 7.05 Å². The normalized spacial score (nSPS) is 13.4. The van der Waals surface area contributed by atoms with E-state index < -0.39 is 5.89 Å². The molecule has 1 nitrogen and oxygen atoms in total. The molecule has 0 atom stereocenters. The summed E-state index contributed by atoms with van der Waals surface area (Å²) in [4.78, 5) is 0. The van der Waals surface area contributed by atoms with E-state index in [-0.39, 0.29) is 0 Å².